The first-order chi connectivity index (χ1) is 27.4. The van der Waals surface area contributed by atoms with E-state index < -0.39 is 24.2 Å². The van der Waals surface area contributed by atoms with E-state index in [1.165, 1.54) is 11.1 Å². The van der Waals surface area contributed by atoms with Crippen LogP contribution in [0.25, 0.3) is 71.3 Å². The van der Waals surface area contributed by atoms with E-state index in [1.54, 1.807) is 4.57 Å². The van der Waals surface area contributed by atoms with Crippen molar-refractivity contribution in [1.82, 2.24) is 4.57 Å². The Kier molecular flexibility index (Phi) is 4.58. The lowest BCUT2D eigenvalue weighted by Crippen LogP contribution is -2.10. The van der Waals surface area contributed by atoms with Crippen molar-refractivity contribution in [3.63, 3.8) is 0 Å². The van der Waals surface area contributed by atoms with Gasteiger partial charge in [-0.15, -0.1) is 0 Å². The third-order valence-corrected chi connectivity index (χ3v) is 9.86. The summed E-state index contributed by atoms with van der Waals surface area (Å²) < 4.78 is 70.7. The molecule has 0 amide bonds. The number of para-hydroxylation sites is 3. The monoisotopic (exact) mass is 634 g/mol. The van der Waals surface area contributed by atoms with Crippen molar-refractivity contribution in [2.45, 2.75) is 19.8 Å². The number of benzene rings is 8. The number of rotatable bonds is 5. The molecule has 0 unspecified atom stereocenters. The summed E-state index contributed by atoms with van der Waals surface area (Å²) >= 11 is 0. The molecular formula is C47H34N2. The minimum atomic E-state index is -0.455. The summed E-state index contributed by atoms with van der Waals surface area (Å²) in [6, 6.07) is 37.2. The highest BCUT2D eigenvalue weighted by Crippen LogP contribution is 2.51. The van der Waals surface area contributed by atoms with Crippen LogP contribution in [-0.2, 0) is 0 Å². The molecule has 0 saturated heterocycles. The van der Waals surface area contributed by atoms with Crippen molar-refractivity contribution in [3.05, 3.63) is 169 Å². The molecule has 10 rings (SSSR count). The summed E-state index contributed by atoms with van der Waals surface area (Å²) in [7, 11) is 0. The molecule has 1 aliphatic rings. The zero-order valence-electron chi connectivity index (χ0n) is 34.9. The molecule has 8 aromatic carbocycles. The second-order valence-electron chi connectivity index (χ2n) is 13.1. The average Bonchev–Trinajstić information content (AvgIpc) is 3.59. The van der Waals surface area contributed by atoms with Crippen LogP contribution in [0.2, 0.25) is 0 Å². The molecule has 2 heteroatoms. The van der Waals surface area contributed by atoms with E-state index in [9.17, 15) is 0 Å². The summed E-state index contributed by atoms with van der Waals surface area (Å²) in [6.07, 6.45) is 0. The Hall–Kier alpha value is -6.12. The van der Waals surface area contributed by atoms with Crippen molar-refractivity contribution in [2.24, 2.45) is 0 Å². The van der Waals surface area contributed by atoms with E-state index in [1.807, 2.05) is 24.3 Å². The minimum absolute atomic E-state index is 0.0684. The van der Waals surface area contributed by atoms with Crippen molar-refractivity contribution < 1.29 is 11.0 Å². The van der Waals surface area contributed by atoms with Crippen LogP contribution in [-0.4, -0.2) is 4.57 Å². The Morgan fingerprint density at radius 1 is 0.490 bits per heavy atom. The van der Waals surface area contributed by atoms with Gasteiger partial charge in [-0.3, -0.25) is 0 Å². The molecule has 0 aliphatic heterocycles. The first-order valence-corrected chi connectivity index (χ1v) is 16.6. The number of hydrogen-bond acceptors (Lipinski definition) is 1. The number of nitrogens with zero attached hydrogens (tertiary/aromatic N) is 2. The van der Waals surface area contributed by atoms with Crippen molar-refractivity contribution in [3.8, 4) is 27.9 Å². The maximum atomic E-state index is 8.91. The highest BCUT2D eigenvalue weighted by Gasteiger charge is 2.24. The van der Waals surface area contributed by atoms with Crippen LogP contribution in [0.1, 0.15) is 36.3 Å². The fourth-order valence-corrected chi connectivity index (χ4v) is 7.40. The topological polar surface area (TPSA) is 8.17 Å². The van der Waals surface area contributed by atoms with Gasteiger partial charge in [-0.1, -0.05) is 92.6 Å². The third-order valence-electron chi connectivity index (χ3n) is 9.86. The zero-order chi connectivity index (χ0) is 39.6. The summed E-state index contributed by atoms with van der Waals surface area (Å²) in [5.74, 6) is 0.394. The second-order valence-corrected chi connectivity index (χ2v) is 13.1. The van der Waals surface area contributed by atoms with E-state index >= 15 is 0 Å². The van der Waals surface area contributed by atoms with Gasteiger partial charge in [0.1, 0.15) is 0 Å². The molecule has 0 fully saturated rings. The molecule has 49 heavy (non-hydrogen) atoms. The number of anilines is 3. The first-order valence-electron chi connectivity index (χ1n) is 20.6. The van der Waals surface area contributed by atoms with Crippen LogP contribution in [0.5, 0.6) is 0 Å². The average molecular weight is 635 g/mol. The van der Waals surface area contributed by atoms with Gasteiger partial charge in [0, 0.05) is 33.5 Å². The molecular weight excluding hydrogens is 593 g/mol. The molecule has 0 spiro atoms. The summed E-state index contributed by atoms with van der Waals surface area (Å²) in [5, 5.41) is 4.26. The predicted molar refractivity (Wildman–Crippen MR) is 209 cm³/mol. The molecule has 1 aromatic heterocycles. The molecule has 0 atom stereocenters. The highest BCUT2D eigenvalue weighted by atomic mass is 15.1. The Morgan fingerprint density at radius 2 is 1.04 bits per heavy atom. The van der Waals surface area contributed by atoms with Crippen molar-refractivity contribution in [2.75, 3.05) is 4.90 Å². The van der Waals surface area contributed by atoms with Crippen LogP contribution < -0.4 is 4.90 Å². The number of aromatic nitrogens is 1. The van der Waals surface area contributed by atoms with Gasteiger partial charge in [-0.2, -0.15) is 0 Å². The summed E-state index contributed by atoms with van der Waals surface area (Å²) in [5.41, 5.74) is 9.80. The largest absolute Gasteiger partial charge is 0.310 e. The summed E-state index contributed by atoms with van der Waals surface area (Å²) in [4.78, 5) is 2.29. The third kappa shape index (κ3) is 4.34. The van der Waals surface area contributed by atoms with E-state index in [0.29, 0.717) is 11.6 Å². The van der Waals surface area contributed by atoms with E-state index in [4.69, 9.17) is 11.0 Å². The smallest absolute Gasteiger partial charge is 0.0645 e. The Bertz CT molecular complexity index is 3130. The predicted octanol–water partition coefficient (Wildman–Crippen LogP) is 13.3. The molecule has 2 nitrogen and oxygen atoms in total. The van der Waals surface area contributed by atoms with Gasteiger partial charge in [-0.25, -0.2) is 0 Å². The van der Waals surface area contributed by atoms with Gasteiger partial charge in [0.2, 0.25) is 0 Å². The molecule has 0 saturated carbocycles. The second kappa shape index (κ2) is 10.7. The van der Waals surface area contributed by atoms with Gasteiger partial charge < -0.3 is 9.47 Å². The molecule has 0 radical (unpaired) electrons. The molecule has 0 N–H and O–H groups in total. The van der Waals surface area contributed by atoms with Crippen LogP contribution in [0.15, 0.2) is 164 Å². The standard InChI is InChI=1S/C47H34N2/c1-30(2)31-11-10-14-37(23-31)48(36-12-4-3-5-13-36)38-21-19-32-26-42-43-27-33-20-22-39(25-35(33)29-45(43)44(42)28-34(32)24-38)49-46-17-8-6-15-40(46)41-16-7-9-18-47(41)49/h3-30H,1-2H3/i6D,7D,8D,9D,15D,16D,17D,18D. The van der Waals surface area contributed by atoms with Crippen LogP contribution in [0, 0.1) is 0 Å². The maximum absolute atomic E-state index is 8.91. The molecule has 0 bridgehead atoms. The lowest BCUT2D eigenvalue weighted by molar-refractivity contribution is 0.866. The van der Waals surface area contributed by atoms with E-state index in [0.717, 1.165) is 55.3 Å². The zero-order valence-corrected chi connectivity index (χ0v) is 26.9. The van der Waals surface area contributed by atoms with Gasteiger partial charge in [-0.05, 0) is 140 Å². The normalized spacial score (nSPS) is 14.3. The maximum Gasteiger partial charge on any atom is 0.0645 e. The first kappa shape index (κ1) is 21.0. The Balaban J connectivity index is 1.13. The summed E-state index contributed by atoms with van der Waals surface area (Å²) in [6.45, 7) is 4.42. The molecule has 232 valence electrons. The quantitative estimate of drug-likeness (QED) is 0.183. The Morgan fingerprint density at radius 3 is 1.69 bits per heavy atom. The lowest BCUT2D eigenvalue weighted by atomic mass is 9.78. The number of hydrogen-bond donors (Lipinski definition) is 0. The Labute approximate surface area is 297 Å². The minimum Gasteiger partial charge on any atom is -0.310 e. The van der Waals surface area contributed by atoms with Crippen LogP contribution in [0.4, 0.5) is 17.1 Å². The van der Waals surface area contributed by atoms with Crippen molar-refractivity contribution in [1.29, 1.82) is 0 Å². The van der Waals surface area contributed by atoms with Gasteiger partial charge in [0.25, 0.3) is 0 Å². The molecule has 1 aliphatic carbocycles. The highest BCUT2D eigenvalue weighted by molar-refractivity contribution is 6.13. The van der Waals surface area contributed by atoms with Crippen molar-refractivity contribution >= 4 is 60.4 Å². The van der Waals surface area contributed by atoms with E-state index in [-0.39, 0.29) is 46.0 Å². The number of fused-ring (bicyclic) bond motifs is 9. The van der Waals surface area contributed by atoms with E-state index in [2.05, 4.69) is 110 Å². The van der Waals surface area contributed by atoms with Crippen LogP contribution >= 0.6 is 0 Å². The van der Waals surface area contributed by atoms with Gasteiger partial charge in [0.15, 0.2) is 0 Å². The SMILES string of the molecule is [2H]c1c([2H])c([2H])c2c(c1[2H])c1c([2H])c([2H])c([2H])c([2H])c1n2-c1ccc2cc3c(cc2c1)-c1cc2cc(N(c4ccccc4)c4cccc(C(C)C)c4)ccc2cc1-3. The molecule has 1 heterocycles. The fourth-order valence-electron chi connectivity index (χ4n) is 7.40. The fraction of sp³-hybridized carbons (Fsp3) is 0.0638. The van der Waals surface area contributed by atoms with Crippen LogP contribution in [0.3, 0.4) is 0 Å². The van der Waals surface area contributed by atoms with Gasteiger partial charge in [0.05, 0.1) is 22.0 Å². The van der Waals surface area contributed by atoms with Gasteiger partial charge >= 0.3 is 0 Å². The molecule has 9 aromatic rings. The lowest BCUT2D eigenvalue weighted by Gasteiger charge is -2.28.